The summed E-state index contributed by atoms with van der Waals surface area (Å²) in [5, 5.41) is 0. The lowest BCUT2D eigenvalue weighted by atomic mass is 9.84. The Morgan fingerprint density at radius 1 is 1.19 bits per heavy atom. The molecule has 0 N–H and O–H groups in total. The van der Waals surface area contributed by atoms with Crippen molar-refractivity contribution < 1.29 is 28.2 Å². The first-order chi connectivity index (χ1) is 17.1. The van der Waals surface area contributed by atoms with E-state index in [1.165, 1.54) is 38.0 Å². The highest BCUT2D eigenvalue weighted by atomic mass is 19.1. The van der Waals surface area contributed by atoms with Gasteiger partial charge < -0.3 is 19.1 Å². The normalized spacial score (nSPS) is 27.7. The topological polar surface area (TPSA) is 109 Å². The number of fused-ring (bicyclic) bond motifs is 1. The molecule has 0 bridgehead atoms. The number of imidazole rings is 1. The zero-order valence-electron chi connectivity index (χ0n) is 20.6. The lowest BCUT2D eigenvalue weighted by Crippen LogP contribution is -2.55. The predicted octanol–water partition coefficient (Wildman–Crippen LogP) is 3.23. The molecule has 11 heteroatoms. The number of esters is 2. The molecule has 1 aliphatic heterocycles. The van der Waals surface area contributed by atoms with E-state index in [4.69, 9.17) is 14.2 Å². The van der Waals surface area contributed by atoms with Crippen molar-refractivity contribution in [1.82, 2.24) is 19.5 Å². The number of halogens is 1. The fourth-order valence-corrected chi connectivity index (χ4v) is 4.68. The van der Waals surface area contributed by atoms with Crippen molar-refractivity contribution in [3.05, 3.63) is 48.5 Å². The Labute approximate surface area is 207 Å². The summed E-state index contributed by atoms with van der Waals surface area (Å²) in [6.07, 6.45) is 2.63. The number of alkyl halides is 1. The maximum atomic E-state index is 16.6. The Balaban J connectivity index is 1.47. The van der Waals surface area contributed by atoms with Gasteiger partial charge >= 0.3 is 11.9 Å². The van der Waals surface area contributed by atoms with Crippen LogP contribution in [0.3, 0.4) is 0 Å². The van der Waals surface area contributed by atoms with E-state index in [1.807, 2.05) is 11.9 Å². The second-order valence-electron chi connectivity index (χ2n) is 9.58. The van der Waals surface area contributed by atoms with Crippen molar-refractivity contribution in [2.45, 2.75) is 63.3 Å². The maximum Gasteiger partial charge on any atom is 0.338 e. The van der Waals surface area contributed by atoms with Gasteiger partial charge in [-0.1, -0.05) is 18.2 Å². The van der Waals surface area contributed by atoms with Gasteiger partial charge in [0, 0.05) is 20.0 Å². The Morgan fingerprint density at radius 3 is 2.58 bits per heavy atom. The average molecular weight is 498 g/mol. The molecule has 2 fully saturated rings. The molecule has 2 aromatic heterocycles. The molecule has 5 rings (SSSR count). The number of carbonyl (C=O) groups excluding carboxylic acids is 2. The molecule has 36 heavy (non-hydrogen) atoms. The van der Waals surface area contributed by atoms with E-state index in [2.05, 4.69) is 15.0 Å². The van der Waals surface area contributed by atoms with E-state index in [0.717, 1.165) is 12.8 Å². The third kappa shape index (κ3) is 3.97. The summed E-state index contributed by atoms with van der Waals surface area (Å²) in [5.41, 5.74) is -2.76. The van der Waals surface area contributed by atoms with Gasteiger partial charge in [-0.3, -0.25) is 9.36 Å². The number of rotatable bonds is 7. The summed E-state index contributed by atoms with van der Waals surface area (Å²) in [4.78, 5) is 39.8. The maximum absolute atomic E-state index is 16.6. The number of benzene rings is 1. The third-order valence-corrected chi connectivity index (χ3v) is 7.09. The standard InChI is InChI=1S/C25H28FN5O5/c1-15(32)36-25(3)18(12-34-22(33)16-8-6-5-7-9-16)35-23(24(25,2)26)31-14-29-19-20(27-13-28-21(19)31)30(4)17-10-11-17/h5-9,13-14,17-18,23H,10-12H2,1-4H3/t18-,23-,24+,25+/m1/s1. The van der Waals surface area contributed by atoms with Crippen molar-refractivity contribution in [1.29, 1.82) is 0 Å². The first-order valence-electron chi connectivity index (χ1n) is 11.8. The first kappa shape index (κ1) is 24.1. The molecule has 1 saturated heterocycles. The molecule has 1 aromatic carbocycles. The smallest absolute Gasteiger partial charge is 0.338 e. The quantitative estimate of drug-likeness (QED) is 0.455. The number of aromatic nitrogens is 4. The zero-order valence-corrected chi connectivity index (χ0v) is 20.6. The molecule has 190 valence electrons. The van der Waals surface area contributed by atoms with E-state index in [-0.39, 0.29) is 6.61 Å². The second-order valence-corrected chi connectivity index (χ2v) is 9.58. The summed E-state index contributed by atoms with van der Waals surface area (Å²) >= 11 is 0. The molecule has 0 unspecified atom stereocenters. The lowest BCUT2D eigenvalue weighted by molar-refractivity contribution is -0.175. The van der Waals surface area contributed by atoms with Crippen LogP contribution in [0.2, 0.25) is 0 Å². The molecule has 3 aromatic rings. The molecular weight excluding hydrogens is 469 g/mol. The Hall–Kier alpha value is -3.60. The second kappa shape index (κ2) is 8.81. The summed E-state index contributed by atoms with van der Waals surface area (Å²) in [6, 6.07) is 8.80. The monoisotopic (exact) mass is 497 g/mol. The third-order valence-electron chi connectivity index (χ3n) is 7.09. The summed E-state index contributed by atoms with van der Waals surface area (Å²) in [6.45, 7) is 3.60. The van der Waals surface area contributed by atoms with Crippen LogP contribution < -0.4 is 4.90 Å². The minimum absolute atomic E-state index is 0.329. The molecule has 4 atom stereocenters. The van der Waals surface area contributed by atoms with Crippen molar-refractivity contribution in [3.8, 4) is 0 Å². The number of ether oxygens (including phenoxy) is 3. The molecule has 10 nitrogen and oxygen atoms in total. The van der Waals surface area contributed by atoms with Gasteiger partial charge in [-0.25, -0.2) is 24.1 Å². The van der Waals surface area contributed by atoms with E-state index in [9.17, 15) is 9.59 Å². The van der Waals surface area contributed by atoms with Crippen molar-refractivity contribution in [2.75, 3.05) is 18.6 Å². The van der Waals surface area contributed by atoms with Gasteiger partial charge in [-0.05, 0) is 38.8 Å². The summed E-state index contributed by atoms with van der Waals surface area (Å²) in [5.74, 6) is -0.631. The molecule has 0 spiro atoms. The van der Waals surface area contributed by atoms with Crippen molar-refractivity contribution in [3.63, 3.8) is 0 Å². The van der Waals surface area contributed by atoms with Gasteiger partial charge in [-0.15, -0.1) is 0 Å². The number of hydrogen-bond donors (Lipinski definition) is 0. The van der Waals surface area contributed by atoms with Crippen LogP contribution in [0.4, 0.5) is 10.2 Å². The van der Waals surface area contributed by atoms with Gasteiger partial charge in [0.05, 0.1) is 11.9 Å². The molecule has 0 amide bonds. The van der Waals surface area contributed by atoms with Crippen LogP contribution >= 0.6 is 0 Å². The first-order valence-corrected chi connectivity index (χ1v) is 11.8. The number of hydrogen-bond acceptors (Lipinski definition) is 9. The Kier molecular flexibility index (Phi) is 5.90. The number of anilines is 1. The highest BCUT2D eigenvalue weighted by molar-refractivity contribution is 5.89. The highest BCUT2D eigenvalue weighted by Crippen LogP contribution is 2.51. The van der Waals surface area contributed by atoms with Crippen LogP contribution in [0.1, 0.15) is 50.2 Å². The minimum atomic E-state index is -2.23. The summed E-state index contributed by atoms with van der Waals surface area (Å²) in [7, 11) is 1.94. The lowest BCUT2D eigenvalue weighted by Gasteiger charge is -2.36. The van der Waals surface area contributed by atoms with Crippen LogP contribution in [-0.2, 0) is 19.0 Å². The van der Waals surface area contributed by atoms with Crippen molar-refractivity contribution >= 4 is 28.9 Å². The van der Waals surface area contributed by atoms with Crippen LogP contribution in [-0.4, -0.2) is 68.5 Å². The van der Waals surface area contributed by atoms with E-state index in [1.54, 1.807) is 30.3 Å². The molecule has 2 aliphatic rings. The SMILES string of the molecule is CC(=O)O[C@@]1(C)[C@@H](COC(=O)c2ccccc2)O[C@@H](n2cnc3c(N(C)C4CC4)ncnc32)[C@]1(C)F. The molecule has 1 saturated carbocycles. The van der Waals surface area contributed by atoms with Gasteiger partial charge in [0.15, 0.2) is 34.5 Å². The Morgan fingerprint density at radius 2 is 1.92 bits per heavy atom. The fraction of sp³-hybridized carbons (Fsp3) is 0.480. The highest BCUT2D eigenvalue weighted by Gasteiger charge is 2.66. The van der Waals surface area contributed by atoms with E-state index < -0.39 is 35.5 Å². The molecular formula is C25H28FN5O5. The van der Waals surface area contributed by atoms with Gasteiger partial charge in [0.2, 0.25) is 0 Å². The van der Waals surface area contributed by atoms with Crippen LogP contribution in [0, 0.1) is 0 Å². The number of carbonyl (C=O) groups is 2. The summed E-state index contributed by atoms with van der Waals surface area (Å²) < 4.78 is 35.2. The predicted molar refractivity (Wildman–Crippen MR) is 127 cm³/mol. The number of nitrogens with zero attached hydrogens (tertiary/aromatic N) is 5. The Bertz CT molecular complexity index is 1290. The van der Waals surface area contributed by atoms with Gasteiger partial charge in [0.1, 0.15) is 19.0 Å². The van der Waals surface area contributed by atoms with Crippen LogP contribution in [0.5, 0.6) is 0 Å². The van der Waals surface area contributed by atoms with E-state index in [0.29, 0.717) is 28.6 Å². The molecule has 3 heterocycles. The van der Waals surface area contributed by atoms with Crippen LogP contribution in [0.15, 0.2) is 43.0 Å². The molecule has 0 radical (unpaired) electrons. The van der Waals surface area contributed by atoms with Crippen molar-refractivity contribution in [2.24, 2.45) is 0 Å². The largest absolute Gasteiger partial charge is 0.459 e. The minimum Gasteiger partial charge on any atom is -0.459 e. The molecule has 1 aliphatic carbocycles. The van der Waals surface area contributed by atoms with Gasteiger partial charge in [0.25, 0.3) is 0 Å². The zero-order chi connectivity index (χ0) is 25.7. The van der Waals surface area contributed by atoms with E-state index >= 15 is 4.39 Å². The van der Waals surface area contributed by atoms with Crippen LogP contribution in [0.25, 0.3) is 11.2 Å². The van der Waals surface area contributed by atoms with Gasteiger partial charge in [-0.2, -0.15) is 0 Å². The fourth-order valence-electron chi connectivity index (χ4n) is 4.68. The average Bonchev–Trinajstić information content (AvgIpc) is 3.58.